The highest BCUT2D eigenvalue weighted by Crippen LogP contribution is 2.56. The Labute approximate surface area is 174 Å². The summed E-state index contributed by atoms with van der Waals surface area (Å²) in [6.07, 6.45) is 6.39. The van der Waals surface area contributed by atoms with Gasteiger partial charge >= 0.3 is 0 Å². The summed E-state index contributed by atoms with van der Waals surface area (Å²) in [6.45, 7) is 3.10. The maximum absolute atomic E-state index is 13.3. The van der Waals surface area contributed by atoms with Crippen molar-refractivity contribution in [2.24, 2.45) is 5.92 Å². The van der Waals surface area contributed by atoms with E-state index in [4.69, 9.17) is 9.47 Å². The first kappa shape index (κ1) is 19.9. The van der Waals surface area contributed by atoms with Gasteiger partial charge in [-0.3, -0.25) is 4.90 Å². The number of nitrogens with zero attached hydrogens (tertiary/aromatic N) is 1. The van der Waals surface area contributed by atoms with Crippen LogP contribution < -0.4 is 4.74 Å². The number of fused-ring (bicyclic) bond motifs is 1. The molecule has 2 heterocycles. The molecule has 3 fully saturated rings. The van der Waals surface area contributed by atoms with E-state index in [-0.39, 0.29) is 5.41 Å². The van der Waals surface area contributed by atoms with Crippen LogP contribution in [0.3, 0.4) is 0 Å². The molecule has 7 heteroatoms. The summed E-state index contributed by atoms with van der Waals surface area (Å²) in [7, 11) is 2.94. The van der Waals surface area contributed by atoms with E-state index in [0.717, 1.165) is 32.5 Å². The molecule has 0 amide bonds. The summed E-state index contributed by atoms with van der Waals surface area (Å²) in [4.78, 5) is 2.70. The molecule has 0 aromatic heterocycles. The number of hydrogen-bond donors (Lipinski definition) is 0. The largest absolute Gasteiger partial charge is 0.500 e. The van der Waals surface area contributed by atoms with E-state index in [1.165, 1.54) is 58.9 Å². The number of hydrogen-bond acceptors (Lipinski definition) is 3. The number of ether oxygens (including phenoxy) is 2. The number of benzene rings is 1. The molecular formula is C22H31B2F2NO2. The number of rotatable bonds is 5. The van der Waals surface area contributed by atoms with E-state index < -0.39 is 11.8 Å². The molecular weight excluding hydrogens is 370 g/mol. The first-order chi connectivity index (χ1) is 13.9. The van der Waals surface area contributed by atoms with Gasteiger partial charge in [0.1, 0.15) is 5.75 Å². The molecule has 4 aliphatic rings. The molecule has 3 nitrogen and oxygen atoms in total. The van der Waals surface area contributed by atoms with Gasteiger partial charge in [0.15, 0.2) is 15.7 Å². The maximum Gasteiger partial charge on any atom is 0.261 e. The zero-order chi connectivity index (χ0) is 20.2. The van der Waals surface area contributed by atoms with Gasteiger partial charge in [0.05, 0.1) is 11.5 Å². The fourth-order valence-electron chi connectivity index (χ4n) is 6.39. The first-order valence-electron chi connectivity index (χ1n) is 11.4. The van der Waals surface area contributed by atoms with Crippen LogP contribution in [0, 0.1) is 5.92 Å². The van der Waals surface area contributed by atoms with Crippen LogP contribution in [0.2, 0.25) is 0 Å². The molecule has 1 aromatic carbocycles. The highest BCUT2D eigenvalue weighted by molar-refractivity contribution is 6.39. The molecule has 0 spiro atoms. The summed E-state index contributed by atoms with van der Waals surface area (Å²) >= 11 is 0. The number of halogens is 2. The monoisotopic (exact) mass is 401 g/mol. The van der Waals surface area contributed by atoms with Crippen molar-refractivity contribution in [3.8, 4) is 5.75 Å². The second-order valence-electron chi connectivity index (χ2n) is 10.1. The average molecular weight is 401 g/mol. The zero-order valence-electron chi connectivity index (χ0n) is 17.6. The van der Waals surface area contributed by atoms with E-state index in [9.17, 15) is 8.78 Å². The van der Waals surface area contributed by atoms with Crippen LogP contribution in [0.1, 0.15) is 49.7 Å². The normalized spacial score (nSPS) is 34.2. The Hall–Kier alpha value is -1.07. The lowest BCUT2D eigenvalue weighted by atomic mass is 9.52. The average Bonchev–Trinajstić information content (AvgIpc) is 2.66. The summed E-state index contributed by atoms with van der Waals surface area (Å²) in [6, 6.07) is 6.75. The zero-order valence-corrected chi connectivity index (χ0v) is 17.6. The van der Waals surface area contributed by atoms with Crippen molar-refractivity contribution in [2.75, 3.05) is 19.7 Å². The second-order valence-corrected chi connectivity index (χ2v) is 10.1. The minimum atomic E-state index is -2.51. The van der Waals surface area contributed by atoms with Gasteiger partial charge in [-0.1, -0.05) is 18.9 Å². The smallest absolute Gasteiger partial charge is 0.261 e. The van der Waals surface area contributed by atoms with Crippen molar-refractivity contribution >= 4 is 15.7 Å². The number of alkyl halides is 2. The molecule has 5 rings (SSSR count). The van der Waals surface area contributed by atoms with Crippen LogP contribution in [-0.4, -0.2) is 64.3 Å². The van der Waals surface area contributed by atoms with Crippen LogP contribution in [0.5, 0.6) is 5.75 Å². The highest BCUT2D eigenvalue weighted by atomic mass is 19.3. The van der Waals surface area contributed by atoms with Crippen LogP contribution in [-0.2, 0) is 16.6 Å². The highest BCUT2D eigenvalue weighted by Gasteiger charge is 2.54. The van der Waals surface area contributed by atoms with Gasteiger partial charge in [-0.15, -0.1) is 0 Å². The Morgan fingerprint density at radius 1 is 1.24 bits per heavy atom. The van der Waals surface area contributed by atoms with Crippen LogP contribution in [0.15, 0.2) is 18.2 Å². The summed E-state index contributed by atoms with van der Waals surface area (Å²) in [5, 5.41) is -1.47. The lowest BCUT2D eigenvalue weighted by molar-refractivity contribution is -0.0947. The molecule has 1 aromatic rings. The lowest BCUT2D eigenvalue weighted by Gasteiger charge is -2.59. The third-order valence-corrected chi connectivity index (χ3v) is 8.06. The van der Waals surface area contributed by atoms with Crippen LogP contribution in [0.4, 0.5) is 8.78 Å². The Morgan fingerprint density at radius 2 is 2.07 bits per heavy atom. The van der Waals surface area contributed by atoms with Crippen LogP contribution in [0.25, 0.3) is 0 Å². The van der Waals surface area contributed by atoms with Crippen molar-refractivity contribution in [1.82, 2.24) is 4.90 Å². The van der Waals surface area contributed by atoms with E-state index in [1.807, 2.05) is 6.07 Å². The quantitative estimate of drug-likeness (QED) is 0.706. The van der Waals surface area contributed by atoms with E-state index in [2.05, 4.69) is 17.0 Å². The summed E-state index contributed by atoms with van der Waals surface area (Å²) < 4.78 is 38.2. The summed E-state index contributed by atoms with van der Waals surface area (Å²) in [5.41, 5.74) is 2.98. The van der Waals surface area contributed by atoms with Crippen molar-refractivity contribution in [1.29, 1.82) is 0 Å². The maximum atomic E-state index is 13.3. The van der Waals surface area contributed by atoms with Gasteiger partial charge in [0.2, 0.25) is 0 Å². The van der Waals surface area contributed by atoms with Gasteiger partial charge in [-0.2, -0.15) is 0 Å². The third-order valence-electron chi connectivity index (χ3n) is 8.06. The molecule has 1 saturated carbocycles. The molecule has 2 saturated heterocycles. The van der Waals surface area contributed by atoms with E-state index in [0.29, 0.717) is 23.8 Å². The second kappa shape index (κ2) is 7.26. The first-order valence-corrected chi connectivity index (χ1v) is 11.4. The predicted molar refractivity (Wildman–Crippen MR) is 115 cm³/mol. The third kappa shape index (κ3) is 3.33. The van der Waals surface area contributed by atoms with Gasteiger partial charge in [-0.25, -0.2) is 8.78 Å². The fourth-order valence-corrected chi connectivity index (χ4v) is 6.39. The molecule has 2 aliphatic carbocycles. The molecule has 1 unspecified atom stereocenters. The van der Waals surface area contributed by atoms with Crippen molar-refractivity contribution in [3.63, 3.8) is 0 Å². The lowest BCUT2D eigenvalue weighted by Crippen LogP contribution is -2.62. The van der Waals surface area contributed by atoms with E-state index in [1.54, 1.807) is 0 Å². The molecule has 0 N–H and O–H groups in total. The molecule has 156 valence electrons. The topological polar surface area (TPSA) is 21.7 Å². The predicted octanol–water partition coefficient (Wildman–Crippen LogP) is 2.10. The molecule has 2 bridgehead atoms. The van der Waals surface area contributed by atoms with Gasteiger partial charge in [0, 0.05) is 24.6 Å². The van der Waals surface area contributed by atoms with Gasteiger partial charge in [0.25, 0.3) is 6.43 Å². The SMILES string of the molecule is BC(B)(Oc1ccc2c(c1)[C@]13CCCC[C@@H]1[C@H](C2)N(CC1CCO1)CC3)C(F)F. The fraction of sp³-hybridized carbons (Fsp3) is 0.727. The standard InChI is InChI=1S/C22H31B2F2NO2/c23-22(24,20(25)26)29-15-5-4-14-11-19-17-3-1-2-7-21(17,18(14)12-15)8-9-27(19)13-16-6-10-28-16/h4-5,12,16-17,19-20H,1-3,6-11,13,23-24H2/t16?,17-,19+,21+/m1/s1. The Morgan fingerprint density at radius 3 is 2.79 bits per heavy atom. The Kier molecular flexibility index (Phi) is 4.98. The molecule has 29 heavy (non-hydrogen) atoms. The van der Waals surface area contributed by atoms with Gasteiger partial charge < -0.3 is 9.47 Å². The number of likely N-dealkylation sites (tertiary alicyclic amines) is 1. The minimum Gasteiger partial charge on any atom is -0.500 e. The molecule has 4 atom stereocenters. The van der Waals surface area contributed by atoms with Crippen molar-refractivity contribution in [2.45, 2.75) is 74.3 Å². The Bertz CT molecular complexity index is 773. The van der Waals surface area contributed by atoms with Crippen molar-refractivity contribution < 1.29 is 18.3 Å². The minimum absolute atomic E-state index is 0.196. The van der Waals surface area contributed by atoms with E-state index >= 15 is 0 Å². The molecule has 2 aliphatic heterocycles. The van der Waals surface area contributed by atoms with Crippen LogP contribution >= 0.6 is 0 Å². The Balaban J connectivity index is 1.47. The number of piperidine rings is 1. The van der Waals surface area contributed by atoms with Crippen molar-refractivity contribution in [3.05, 3.63) is 29.3 Å². The molecule has 0 radical (unpaired) electrons. The summed E-state index contributed by atoms with van der Waals surface area (Å²) in [5.74, 6) is 1.26. The van der Waals surface area contributed by atoms with Gasteiger partial charge in [-0.05, 0) is 67.8 Å².